The minimum Gasteiger partial charge on any atom is -0.493 e. The third-order valence-electron chi connectivity index (χ3n) is 3.94. The summed E-state index contributed by atoms with van der Waals surface area (Å²) < 4.78 is 21.9. The van der Waals surface area contributed by atoms with Gasteiger partial charge in [-0.3, -0.25) is 0 Å². The highest BCUT2D eigenvalue weighted by molar-refractivity contribution is 7.99. The van der Waals surface area contributed by atoms with Crippen molar-refractivity contribution in [1.29, 1.82) is 0 Å². The Morgan fingerprint density at radius 3 is 2.26 bits per heavy atom. The van der Waals surface area contributed by atoms with Gasteiger partial charge in [0, 0.05) is 15.8 Å². The molecule has 0 radical (unpaired) electrons. The van der Waals surface area contributed by atoms with Crippen LogP contribution in [0.25, 0.3) is 11.5 Å². The van der Waals surface area contributed by atoms with Crippen LogP contribution in [0.3, 0.4) is 0 Å². The Balaban J connectivity index is 1.86. The molecule has 2 aromatic carbocycles. The van der Waals surface area contributed by atoms with Gasteiger partial charge in [-0.15, -0.1) is 10.2 Å². The van der Waals surface area contributed by atoms with Crippen molar-refractivity contribution in [3.63, 3.8) is 0 Å². The van der Waals surface area contributed by atoms with E-state index < -0.39 is 0 Å². The molecule has 27 heavy (non-hydrogen) atoms. The van der Waals surface area contributed by atoms with Crippen molar-refractivity contribution in [2.45, 2.75) is 17.4 Å². The van der Waals surface area contributed by atoms with Crippen molar-refractivity contribution in [3.05, 3.63) is 47.0 Å². The topological polar surface area (TPSA) is 66.6 Å². The van der Waals surface area contributed by atoms with Gasteiger partial charge in [0.15, 0.2) is 11.5 Å². The van der Waals surface area contributed by atoms with Crippen molar-refractivity contribution in [2.75, 3.05) is 21.3 Å². The van der Waals surface area contributed by atoms with E-state index in [4.69, 9.17) is 30.2 Å². The minimum atomic E-state index is 0.0620. The highest BCUT2D eigenvalue weighted by atomic mass is 35.5. The predicted octanol–water partition coefficient (Wildman–Crippen LogP) is 5.27. The molecule has 0 unspecified atom stereocenters. The van der Waals surface area contributed by atoms with Crippen LogP contribution in [0.2, 0.25) is 5.02 Å². The van der Waals surface area contributed by atoms with Gasteiger partial charge in [-0.25, -0.2) is 0 Å². The lowest BCUT2D eigenvalue weighted by atomic mass is 10.2. The molecule has 0 saturated heterocycles. The third-order valence-corrected chi connectivity index (χ3v) is 5.26. The van der Waals surface area contributed by atoms with Crippen molar-refractivity contribution in [3.8, 4) is 28.7 Å². The molecule has 3 aromatic rings. The lowest BCUT2D eigenvalue weighted by molar-refractivity contribution is 0.324. The molecule has 0 aliphatic rings. The second kappa shape index (κ2) is 8.54. The summed E-state index contributed by atoms with van der Waals surface area (Å²) in [4.78, 5) is 0. The van der Waals surface area contributed by atoms with E-state index in [-0.39, 0.29) is 5.25 Å². The van der Waals surface area contributed by atoms with Gasteiger partial charge in [0.2, 0.25) is 11.6 Å². The first-order chi connectivity index (χ1) is 13.1. The number of hydrogen-bond donors (Lipinski definition) is 0. The molecule has 0 N–H and O–H groups in total. The SMILES string of the molecule is COc1cc(-c2nnc(S[C@@H](C)c3ccccc3Cl)o2)cc(OC)c1OC. The Morgan fingerprint density at radius 2 is 1.67 bits per heavy atom. The maximum Gasteiger partial charge on any atom is 0.277 e. The van der Waals surface area contributed by atoms with E-state index in [2.05, 4.69) is 10.2 Å². The number of hydrogen-bond acceptors (Lipinski definition) is 7. The second-order valence-electron chi connectivity index (χ2n) is 5.57. The normalized spacial score (nSPS) is 11.9. The number of rotatable bonds is 7. The molecule has 1 aromatic heterocycles. The molecule has 0 fully saturated rings. The molecule has 0 spiro atoms. The summed E-state index contributed by atoms with van der Waals surface area (Å²) in [6, 6.07) is 11.2. The van der Waals surface area contributed by atoms with E-state index in [0.717, 1.165) is 5.56 Å². The predicted molar refractivity (Wildman–Crippen MR) is 105 cm³/mol. The van der Waals surface area contributed by atoms with E-state index in [1.165, 1.54) is 11.8 Å². The summed E-state index contributed by atoms with van der Waals surface area (Å²) in [5.41, 5.74) is 1.69. The monoisotopic (exact) mass is 406 g/mol. The number of nitrogens with zero attached hydrogens (tertiary/aromatic N) is 2. The Labute approximate surface area is 166 Å². The fourth-order valence-corrected chi connectivity index (χ4v) is 3.81. The maximum absolute atomic E-state index is 6.26. The summed E-state index contributed by atoms with van der Waals surface area (Å²) in [7, 11) is 4.67. The highest BCUT2D eigenvalue weighted by Crippen LogP contribution is 2.42. The molecule has 0 aliphatic heterocycles. The van der Waals surface area contributed by atoms with Gasteiger partial charge >= 0.3 is 0 Å². The Hall–Kier alpha value is -2.38. The molecule has 8 heteroatoms. The Bertz CT molecular complexity index is 907. The van der Waals surface area contributed by atoms with Crippen LogP contribution in [0, 0.1) is 0 Å². The van der Waals surface area contributed by atoms with Crippen molar-refractivity contribution >= 4 is 23.4 Å². The first kappa shape index (κ1) is 19.4. The van der Waals surface area contributed by atoms with E-state index in [1.54, 1.807) is 33.5 Å². The molecule has 3 rings (SSSR count). The van der Waals surface area contributed by atoms with E-state index >= 15 is 0 Å². The van der Waals surface area contributed by atoms with Crippen LogP contribution in [-0.4, -0.2) is 31.5 Å². The Kier molecular flexibility index (Phi) is 6.13. The third kappa shape index (κ3) is 4.14. The zero-order chi connectivity index (χ0) is 19.4. The van der Waals surface area contributed by atoms with Crippen LogP contribution < -0.4 is 14.2 Å². The largest absolute Gasteiger partial charge is 0.493 e. The summed E-state index contributed by atoms with van der Waals surface area (Å²) in [5.74, 6) is 1.90. The van der Waals surface area contributed by atoms with Crippen molar-refractivity contribution in [1.82, 2.24) is 10.2 Å². The van der Waals surface area contributed by atoms with Crippen LogP contribution >= 0.6 is 23.4 Å². The first-order valence-corrected chi connectivity index (χ1v) is 9.38. The van der Waals surface area contributed by atoms with Crippen LogP contribution in [-0.2, 0) is 0 Å². The average Bonchev–Trinajstić information content (AvgIpc) is 3.15. The number of benzene rings is 2. The molecule has 1 atom stereocenters. The molecule has 0 amide bonds. The number of aromatic nitrogens is 2. The van der Waals surface area contributed by atoms with Gasteiger partial charge in [0.05, 0.1) is 21.3 Å². The van der Waals surface area contributed by atoms with Crippen LogP contribution in [0.5, 0.6) is 17.2 Å². The van der Waals surface area contributed by atoms with E-state index in [0.29, 0.717) is 38.9 Å². The fraction of sp³-hybridized carbons (Fsp3) is 0.263. The zero-order valence-electron chi connectivity index (χ0n) is 15.4. The molecule has 0 bridgehead atoms. The summed E-state index contributed by atoms with van der Waals surface area (Å²) in [6.45, 7) is 2.04. The standard InChI is InChI=1S/C19H19ClN2O4S/c1-11(13-7-5-6-8-14(13)20)27-19-22-21-18(26-19)12-9-15(23-2)17(25-4)16(10-12)24-3/h5-11H,1-4H3/t11-/m0/s1. The van der Waals surface area contributed by atoms with E-state index in [9.17, 15) is 0 Å². The van der Waals surface area contributed by atoms with Gasteiger partial charge in [-0.2, -0.15) is 0 Å². The van der Waals surface area contributed by atoms with Gasteiger partial charge in [0.1, 0.15) is 0 Å². The lowest BCUT2D eigenvalue weighted by Crippen LogP contribution is -1.95. The molecule has 6 nitrogen and oxygen atoms in total. The average molecular weight is 407 g/mol. The molecular formula is C19H19ClN2O4S. The molecule has 0 aliphatic carbocycles. The van der Waals surface area contributed by atoms with Crippen molar-refractivity contribution < 1.29 is 18.6 Å². The zero-order valence-corrected chi connectivity index (χ0v) is 16.9. The number of thioether (sulfide) groups is 1. The van der Waals surface area contributed by atoms with Gasteiger partial charge in [0.25, 0.3) is 5.22 Å². The second-order valence-corrected chi connectivity index (χ2v) is 7.27. The Morgan fingerprint density at radius 1 is 1.00 bits per heavy atom. The quantitative estimate of drug-likeness (QED) is 0.495. The molecule has 1 heterocycles. The minimum absolute atomic E-state index is 0.0620. The maximum atomic E-state index is 6.26. The highest BCUT2D eigenvalue weighted by Gasteiger charge is 2.19. The fourth-order valence-electron chi connectivity index (χ4n) is 2.60. The summed E-state index contributed by atoms with van der Waals surface area (Å²) >= 11 is 7.70. The summed E-state index contributed by atoms with van der Waals surface area (Å²) in [6.07, 6.45) is 0. The van der Waals surface area contributed by atoms with Gasteiger partial charge < -0.3 is 18.6 Å². The number of methoxy groups -OCH3 is 3. The number of ether oxygens (including phenoxy) is 3. The molecule has 0 saturated carbocycles. The van der Waals surface area contributed by atoms with Gasteiger partial charge in [-0.1, -0.05) is 41.6 Å². The smallest absolute Gasteiger partial charge is 0.277 e. The van der Waals surface area contributed by atoms with Crippen LogP contribution in [0.4, 0.5) is 0 Å². The summed E-state index contributed by atoms with van der Waals surface area (Å²) in [5, 5.41) is 9.49. The van der Waals surface area contributed by atoms with Crippen LogP contribution in [0.15, 0.2) is 46.0 Å². The molecule has 142 valence electrons. The van der Waals surface area contributed by atoms with E-state index in [1.807, 2.05) is 31.2 Å². The molecular weight excluding hydrogens is 388 g/mol. The number of halogens is 1. The lowest BCUT2D eigenvalue weighted by Gasteiger charge is -2.12. The first-order valence-electron chi connectivity index (χ1n) is 8.12. The van der Waals surface area contributed by atoms with Crippen LogP contribution in [0.1, 0.15) is 17.7 Å². The van der Waals surface area contributed by atoms with Gasteiger partial charge in [-0.05, 0) is 30.7 Å². The van der Waals surface area contributed by atoms with Crippen molar-refractivity contribution in [2.24, 2.45) is 0 Å².